The summed E-state index contributed by atoms with van der Waals surface area (Å²) in [6.07, 6.45) is 1.10. The first-order valence-electron chi connectivity index (χ1n) is 10.9. The van der Waals surface area contributed by atoms with Gasteiger partial charge in [0, 0.05) is 11.4 Å². The number of hydrogen-bond donors (Lipinski definition) is 0. The van der Waals surface area contributed by atoms with E-state index in [9.17, 15) is 4.79 Å². The third-order valence-electron chi connectivity index (χ3n) is 5.86. The van der Waals surface area contributed by atoms with Crippen LogP contribution in [0.3, 0.4) is 0 Å². The minimum atomic E-state index is -1.53. The largest absolute Gasteiger partial charge is 0.368 e. The highest BCUT2D eigenvalue weighted by Gasteiger charge is 2.69. The van der Waals surface area contributed by atoms with Crippen LogP contribution < -0.4 is 0 Å². The molecule has 174 valence electrons. The smallest absolute Gasteiger partial charge is 0.261 e. The molecule has 0 N–H and O–H groups in total. The molecule has 0 aromatic heterocycles. The fourth-order valence-electron chi connectivity index (χ4n) is 4.32. The van der Waals surface area contributed by atoms with Gasteiger partial charge in [-0.2, -0.15) is 0 Å². The lowest BCUT2D eigenvalue weighted by molar-refractivity contribution is -0.262. The molecule has 5 atom stereocenters. The van der Waals surface area contributed by atoms with Gasteiger partial charge in [0.15, 0.2) is 17.7 Å². The monoisotopic (exact) mass is 518 g/mol. The number of aryl methyl sites for hydroxylation is 1. The van der Waals surface area contributed by atoms with E-state index in [0.29, 0.717) is 13.0 Å². The van der Waals surface area contributed by atoms with Gasteiger partial charge in [-0.3, -0.25) is 9.08 Å². The van der Waals surface area contributed by atoms with Crippen LogP contribution in [0.15, 0.2) is 22.7 Å². The molecule has 1 aromatic carbocycles. The Hall–Kier alpha value is -0.540. The zero-order valence-corrected chi connectivity index (χ0v) is 21.1. The average Bonchev–Trinajstić information content (AvgIpc) is 3.16. The van der Waals surface area contributed by atoms with Crippen molar-refractivity contribution in [3.63, 3.8) is 0 Å². The van der Waals surface area contributed by atoms with Crippen LogP contribution in [0.1, 0.15) is 65.0 Å². The highest BCUT2D eigenvalue weighted by atomic mass is 79.9. The Morgan fingerprint density at radius 3 is 2.65 bits per heavy atom. The lowest BCUT2D eigenvalue weighted by Crippen LogP contribution is -2.47. The van der Waals surface area contributed by atoms with Crippen LogP contribution in [0.5, 0.6) is 0 Å². The summed E-state index contributed by atoms with van der Waals surface area (Å²) < 4.78 is 31.1. The summed E-state index contributed by atoms with van der Waals surface area (Å²) in [5.74, 6) is -2.77. The van der Waals surface area contributed by atoms with Crippen molar-refractivity contribution >= 4 is 33.6 Å². The van der Waals surface area contributed by atoms with Gasteiger partial charge in [-0.15, -0.1) is 0 Å². The van der Waals surface area contributed by atoms with Crippen molar-refractivity contribution in [2.45, 2.75) is 103 Å². The zero-order chi connectivity index (χ0) is 22.8. The van der Waals surface area contributed by atoms with E-state index in [-0.39, 0.29) is 5.78 Å². The maximum Gasteiger partial charge on any atom is 0.261 e. The molecule has 1 aromatic rings. The molecule has 0 radical (unpaired) electrons. The molecule has 0 saturated carbocycles. The SMILES string of the molecule is CCCC[C@H](OCl)[C@H]1O[C@]2(C(C)=O)OC(C)(C)O[C@@H]2[C@H]1OCc1ccc(Br)c(CC)c1. The molecule has 2 heterocycles. The molecule has 31 heavy (non-hydrogen) atoms. The van der Waals surface area contributed by atoms with Crippen LogP contribution in [-0.2, 0) is 41.1 Å². The Morgan fingerprint density at radius 1 is 1.29 bits per heavy atom. The van der Waals surface area contributed by atoms with Crippen molar-refractivity contribution in [3.05, 3.63) is 33.8 Å². The minimum absolute atomic E-state index is 0.264. The molecule has 0 unspecified atom stereocenters. The first kappa shape index (κ1) is 25.1. The Labute approximate surface area is 198 Å². The number of benzene rings is 1. The van der Waals surface area contributed by atoms with Gasteiger partial charge in [0.1, 0.15) is 18.3 Å². The van der Waals surface area contributed by atoms with Crippen molar-refractivity contribution in [2.75, 3.05) is 0 Å². The number of unbranched alkanes of at least 4 members (excludes halogenated alkanes) is 1. The summed E-state index contributed by atoms with van der Waals surface area (Å²) in [5.41, 5.74) is 2.22. The second kappa shape index (κ2) is 10.2. The molecule has 0 spiro atoms. The van der Waals surface area contributed by atoms with Gasteiger partial charge in [0.25, 0.3) is 5.79 Å². The topological polar surface area (TPSA) is 63.2 Å². The van der Waals surface area contributed by atoms with Crippen molar-refractivity contribution in [2.24, 2.45) is 0 Å². The van der Waals surface area contributed by atoms with Gasteiger partial charge < -0.3 is 18.9 Å². The van der Waals surface area contributed by atoms with Crippen molar-refractivity contribution in [3.8, 4) is 0 Å². The van der Waals surface area contributed by atoms with Crippen LogP contribution in [0.2, 0.25) is 0 Å². The van der Waals surface area contributed by atoms with Crippen LogP contribution in [0, 0.1) is 0 Å². The molecule has 0 bridgehead atoms. The third kappa shape index (κ3) is 5.18. The maximum absolute atomic E-state index is 12.7. The number of carbonyl (C=O) groups is 1. The number of hydrogen-bond acceptors (Lipinski definition) is 6. The Bertz CT molecular complexity index is 787. The van der Waals surface area contributed by atoms with Crippen molar-refractivity contribution in [1.82, 2.24) is 0 Å². The molecule has 3 rings (SSSR count). The zero-order valence-electron chi connectivity index (χ0n) is 18.8. The highest BCUT2D eigenvalue weighted by Crippen LogP contribution is 2.48. The Kier molecular flexibility index (Phi) is 8.22. The number of halogens is 2. The maximum atomic E-state index is 12.7. The van der Waals surface area contributed by atoms with Crippen LogP contribution in [0.25, 0.3) is 0 Å². The van der Waals surface area contributed by atoms with Gasteiger partial charge in [-0.05, 0) is 43.9 Å². The van der Waals surface area contributed by atoms with E-state index in [1.54, 1.807) is 13.8 Å². The second-order valence-corrected chi connectivity index (χ2v) is 9.70. The van der Waals surface area contributed by atoms with E-state index in [1.165, 1.54) is 12.5 Å². The second-order valence-electron chi connectivity index (χ2n) is 8.67. The van der Waals surface area contributed by atoms with Gasteiger partial charge >= 0.3 is 0 Å². The van der Waals surface area contributed by atoms with Crippen LogP contribution in [0.4, 0.5) is 0 Å². The Balaban J connectivity index is 1.89. The standard InChI is InChI=1S/C23H32BrClO6/c1-6-8-9-18(30-25)19-20(27-13-15-10-11-17(24)16(7-2)12-15)21-23(28-19,14(3)26)31-22(4,5)29-21/h10-12,18-21H,6-9,13H2,1-5H3/t18-,19+,20-,21+,23+/m0/s1. The summed E-state index contributed by atoms with van der Waals surface area (Å²) in [6, 6.07) is 6.13. The van der Waals surface area contributed by atoms with Crippen LogP contribution >= 0.6 is 27.8 Å². The first-order valence-corrected chi connectivity index (χ1v) is 12.0. The summed E-state index contributed by atoms with van der Waals surface area (Å²) in [5, 5.41) is 0. The quantitative estimate of drug-likeness (QED) is 0.409. The predicted molar refractivity (Wildman–Crippen MR) is 121 cm³/mol. The summed E-state index contributed by atoms with van der Waals surface area (Å²) >= 11 is 9.43. The number of ether oxygens (including phenoxy) is 4. The van der Waals surface area contributed by atoms with E-state index in [2.05, 4.69) is 35.8 Å². The lowest BCUT2D eigenvalue weighted by Gasteiger charge is -2.30. The summed E-state index contributed by atoms with van der Waals surface area (Å²) in [7, 11) is 0. The summed E-state index contributed by atoms with van der Waals surface area (Å²) in [4.78, 5) is 12.7. The van der Waals surface area contributed by atoms with E-state index in [1.807, 2.05) is 12.1 Å². The predicted octanol–water partition coefficient (Wildman–Crippen LogP) is 5.46. The van der Waals surface area contributed by atoms with E-state index < -0.39 is 36.0 Å². The Morgan fingerprint density at radius 2 is 2.03 bits per heavy atom. The average molecular weight is 520 g/mol. The molecule has 6 nitrogen and oxygen atoms in total. The highest BCUT2D eigenvalue weighted by molar-refractivity contribution is 9.10. The molecular formula is C23H32BrClO6. The molecule has 2 aliphatic heterocycles. The van der Waals surface area contributed by atoms with Gasteiger partial charge in [0.2, 0.25) is 0 Å². The fraction of sp³-hybridized carbons (Fsp3) is 0.696. The van der Waals surface area contributed by atoms with Gasteiger partial charge in [0.05, 0.1) is 18.5 Å². The van der Waals surface area contributed by atoms with E-state index >= 15 is 0 Å². The molecule has 0 aliphatic carbocycles. The van der Waals surface area contributed by atoms with Crippen molar-refractivity contribution in [1.29, 1.82) is 0 Å². The molecule has 2 fully saturated rings. The molecule has 2 saturated heterocycles. The number of carbonyl (C=O) groups excluding carboxylic acids is 1. The van der Waals surface area contributed by atoms with E-state index in [4.69, 9.17) is 35.1 Å². The third-order valence-corrected chi connectivity index (χ3v) is 6.87. The fourth-order valence-corrected chi connectivity index (χ4v) is 5.03. The molecular weight excluding hydrogens is 488 g/mol. The first-order chi connectivity index (χ1) is 14.7. The normalized spacial score (nSPS) is 30.4. The van der Waals surface area contributed by atoms with Crippen molar-refractivity contribution < 1.29 is 28.0 Å². The number of Topliss-reactive ketones (excluding diaryl/α,β-unsaturated/α-hetero) is 1. The molecule has 2 aliphatic rings. The van der Waals surface area contributed by atoms with Gasteiger partial charge in [-0.25, -0.2) is 0 Å². The number of rotatable bonds is 10. The number of fused-ring (bicyclic) bond motifs is 1. The minimum Gasteiger partial charge on any atom is -0.368 e. The van der Waals surface area contributed by atoms with Gasteiger partial charge in [-0.1, -0.05) is 54.8 Å². The number of ketones is 1. The summed E-state index contributed by atoms with van der Waals surface area (Å²) in [6.45, 7) is 9.51. The molecule has 8 heteroatoms. The van der Waals surface area contributed by atoms with E-state index in [0.717, 1.165) is 29.3 Å². The lowest BCUT2D eigenvalue weighted by atomic mass is 9.97. The van der Waals surface area contributed by atoms with Crippen LogP contribution in [-0.4, -0.2) is 41.8 Å². The molecule has 0 amide bonds.